The molecule has 1 aromatic heterocycles. The molecule has 1 saturated heterocycles. The first kappa shape index (κ1) is 21.7. The van der Waals surface area contributed by atoms with Crippen LogP contribution in [0, 0.1) is 0 Å². The molecule has 0 spiro atoms. The van der Waals surface area contributed by atoms with Gasteiger partial charge in [0.25, 0.3) is 5.91 Å². The molecule has 1 saturated carbocycles. The summed E-state index contributed by atoms with van der Waals surface area (Å²) >= 11 is 0. The average Bonchev–Trinajstić information content (AvgIpc) is 3.11. The van der Waals surface area contributed by atoms with E-state index in [0.717, 1.165) is 31.9 Å². The maximum atomic E-state index is 13.2. The van der Waals surface area contributed by atoms with Gasteiger partial charge in [-0.1, -0.05) is 37.5 Å². The number of benzene rings is 1. The zero-order chi connectivity index (χ0) is 22.0. The first-order valence-corrected chi connectivity index (χ1v) is 12.9. The van der Waals surface area contributed by atoms with Crippen molar-refractivity contribution < 1.29 is 22.4 Å². The van der Waals surface area contributed by atoms with Crippen LogP contribution in [0.2, 0.25) is 0 Å². The minimum atomic E-state index is -3.35. The van der Waals surface area contributed by atoms with E-state index in [1.807, 2.05) is 0 Å². The number of para-hydroxylation sites is 1. The van der Waals surface area contributed by atoms with Gasteiger partial charge in [-0.05, 0) is 18.9 Å². The van der Waals surface area contributed by atoms with Gasteiger partial charge in [-0.3, -0.25) is 4.79 Å². The Kier molecular flexibility index (Phi) is 6.22. The van der Waals surface area contributed by atoms with E-state index in [9.17, 15) is 18.0 Å². The van der Waals surface area contributed by atoms with Crippen LogP contribution in [0.15, 0.2) is 28.7 Å². The molecule has 2 aliphatic rings. The number of nitrogens with zero attached hydrogens (tertiary/aromatic N) is 2. The predicted molar refractivity (Wildman–Crippen MR) is 118 cm³/mol. The zero-order valence-electron chi connectivity index (χ0n) is 17.8. The van der Waals surface area contributed by atoms with Gasteiger partial charge < -0.3 is 19.5 Å². The zero-order valence-corrected chi connectivity index (χ0v) is 18.6. The third-order valence-corrected chi connectivity index (χ3v) is 6.90. The summed E-state index contributed by atoms with van der Waals surface area (Å²) in [6.07, 6.45) is 6.74. The van der Waals surface area contributed by atoms with E-state index in [2.05, 4.69) is 5.32 Å². The number of piperazine rings is 1. The van der Waals surface area contributed by atoms with Crippen LogP contribution in [0.4, 0.5) is 4.79 Å². The fourth-order valence-corrected chi connectivity index (χ4v) is 5.26. The molecule has 0 atom stereocenters. The van der Waals surface area contributed by atoms with Gasteiger partial charge in [0.05, 0.1) is 5.75 Å². The van der Waals surface area contributed by atoms with Crippen LogP contribution in [0.25, 0.3) is 11.0 Å². The number of amides is 3. The fourth-order valence-electron chi connectivity index (χ4n) is 4.45. The van der Waals surface area contributed by atoms with E-state index < -0.39 is 9.84 Å². The standard InChI is InChI=1S/C22H29N3O5S/c1-31(28,29)15-18-17-9-5-6-10-19(17)30-20(18)21(26)24-11-13-25(14-12-24)22(27)23-16-7-3-2-4-8-16/h5-6,9-10,16H,2-4,7-8,11-15H2,1H3,(H,23,27). The second-order valence-electron chi connectivity index (χ2n) is 8.54. The van der Waals surface area contributed by atoms with Crippen molar-refractivity contribution in [2.75, 3.05) is 32.4 Å². The van der Waals surface area contributed by atoms with Crippen molar-refractivity contribution in [1.82, 2.24) is 15.1 Å². The van der Waals surface area contributed by atoms with Crippen LogP contribution >= 0.6 is 0 Å². The summed E-state index contributed by atoms with van der Waals surface area (Å²) in [4.78, 5) is 29.1. The van der Waals surface area contributed by atoms with E-state index in [4.69, 9.17) is 4.42 Å². The molecule has 2 fully saturated rings. The molecule has 3 amide bonds. The Morgan fingerprint density at radius 1 is 1.03 bits per heavy atom. The summed E-state index contributed by atoms with van der Waals surface area (Å²) in [5.41, 5.74) is 0.899. The predicted octanol–water partition coefficient (Wildman–Crippen LogP) is 2.78. The van der Waals surface area contributed by atoms with Gasteiger partial charge in [0, 0.05) is 49.4 Å². The normalized spacial score (nSPS) is 18.4. The van der Waals surface area contributed by atoms with Crippen LogP contribution in [0.1, 0.15) is 48.2 Å². The molecular weight excluding hydrogens is 418 g/mol. The first-order chi connectivity index (χ1) is 14.8. The summed E-state index contributed by atoms with van der Waals surface area (Å²) < 4.78 is 29.7. The Morgan fingerprint density at radius 3 is 2.35 bits per heavy atom. The Bertz CT molecular complexity index is 1060. The van der Waals surface area contributed by atoms with Crippen molar-refractivity contribution in [2.24, 2.45) is 0 Å². The lowest BCUT2D eigenvalue weighted by Gasteiger charge is -2.35. The highest BCUT2D eigenvalue weighted by atomic mass is 32.2. The van der Waals surface area contributed by atoms with Gasteiger partial charge >= 0.3 is 6.03 Å². The molecule has 1 aliphatic heterocycles. The van der Waals surface area contributed by atoms with Crippen LogP contribution in [-0.2, 0) is 15.6 Å². The van der Waals surface area contributed by atoms with E-state index in [1.165, 1.54) is 6.42 Å². The number of furan rings is 1. The van der Waals surface area contributed by atoms with Gasteiger partial charge in [-0.15, -0.1) is 0 Å². The summed E-state index contributed by atoms with van der Waals surface area (Å²) in [6, 6.07) is 7.25. The van der Waals surface area contributed by atoms with Crippen molar-refractivity contribution >= 4 is 32.7 Å². The first-order valence-electron chi connectivity index (χ1n) is 10.8. The second kappa shape index (κ2) is 8.90. The van der Waals surface area contributed by atoms with Crippen molar-refractivity contribution in [3.8, 4) is 0 Å². The van der Waals surface area contributed by atoms with Crippen molar-refractivity contribution in [3.05, 3.63) is 35.6 Å². The highest BCUT2D eigenvalue weighted by Crippen LogP contribution is 2.29. The van der Waals surface area contributed by atoms with Crippen molar-refractivity contribution in [2.45, 2.75) is 43.9 Å². The molecule has 1 aromatic carbocycles. The smallest absolute Gasteiger partial charge is 0.317 e. The van der Waals surface area contributed by atoms with Crippen LogP contribution in [0.3, 0.4) is 0 Å². The number of fused-ring (bicyclic) bond motifs is 1. The summed E-state index contributed by atoms with van der Waals surface area (Å²) in [5.74, 6) is -0.511. The van der Waals surface area contributed by atoms with Gasteiger partial charge in [-0.2, -0.15) is 0 Å². The monoisotopic (exact) mass is 447 g/mol. The van der Waals surface area contributed by atoms with Crippen molar-refractivity contribution in [3.63, 3.8) is 0 Å². The summed E-state index contributed by atoms with van der Waals surface area (Å²) in [5, 5.41) is 3.76. The highest BCUT2D eigenvalue weighted by Gasteiger charge is 2.31. The number of carbonyl (C=O) groups is 2. The highest BCUT2D eigenvalue weighted by molar-refractivity contribution is 7.89. The lowest BCUT2D eigenvalue weighted by molar-refractivity contribution is 0.0633. The Hall–Kier alpha value is -2.55. The SMILES string of the molecule is CS(=O)(=O)Cc1c(C(=O)N2CCN(C(=O)NC3CCCCC3)CC2)oc2ccccc12. The van der Waals surface area contributed by atoms with E-state index in [1.54, 1.807) is 34.1 Å². The van der Waals surface area contributed by atoms with Gasteiger partial charge in [0.1, 0.15) is 5.58 Å². The quantitative estimate of drug-likeness (QED) is 0.777. The molecule has 2 aromatic rings. The molecule has 1 N–H and O–H groups in total. The van der Waals surface area contributed by atoms with E-state index >= 15 is 0 Å². The number of urea groups is 1. The van der Waals surface area contributed by atoms with E-state index in [0.29, 0.717) is 42.7 Å². The van der Waals surface area contributed by atoms with Crippen LogP contribution in [0.5, 0.6) is 0 Å². The topological polar surface area (TPSA) is 99.9 Å². The van der Waals surface area contributed by atoms with Crippen molar-refractivity contribution in [1.29, 1.82) is 0 Å². The molecule has 4 rings (SSSR count). The maximum absolute atomic E-state index is 13.2. The fraction of sp³-hybridized carbons (Fsp3) is 0.545. The molecule has 9 heteroatoms. The Morgan fingerprint density at radius 2 is 1.68 bits per heavy atom. The minimum absolute atomic E-state index is 0.0690. The molecule has 0 radical (unpaired) electrons. The molecule has 8 nitrogen and oxygen atoms in total. The summed E-state index contributed by atoms with van der Waals surface area (Å²) in [6.45, 7) is 1.64. The molecular formula is C22H29N3O5S. The molecule has 168 valence electrons. The Balaban J connectivity index is 1.44. The van der Waals surface area contributed by atoms with Crippen LogP contribution in [-0.4, -0.2) is 68.6 Å². The lowest BCUT2D eigenvalue weighted by atomic mass is 9.96. The van der Waals surface area contributed by atoms with E-state index in [-0.39, 0.29) is 29.5 Å². The number of sulfone groups is 1. The molecule has 2 heterocycles. The van der Waals surface area contributed by atoms with Gasteiger partial charge in [0.15, 0.2) is 15.6 Å². The Labute approximate surface area is 182 Å². The second-order valence-corrected chi connectivity index (χ2v) is 10.7. The minimum Gasteiger partial charge on any atom is -0.451 e. The molecule has 0 unspecified atom stereocenters. The third kappa shape index (κ3) is 5.03. The number of hydrogen-bond donors (Lipinski definition) is 1. The lowest BCUT2D eigenvalue weighted by Crippen LogP contribution is -2.54. The average molecular weight is 448 g/mol. The third-order valence-electron chi connectivity index (χ3n) is 6.09. The summed E-state index contributed by atoms with van der Waals surface area (Å²) in [7, 11) is -3.35. The van der Waals surface area contributed by atoms with Gasteiger partial charge in [0.2, 0.25) is 0 Å². The molecule has 0 bridgehead atoms. The number of rotatable bonds is 4. The van der Waals surface area contributed by atoms with Gasteiger partial charge in [-0.25, -0.2) is 13.2 Å². The number of carbonyl (C=O) groups excluding carboxylic acids is 2. The molecule has 31 heavy (non-hydrogen) atoms. The maximum Gasteiger partial charge on any atom is 0.317 e. The number of nitrogens with one attached hydrogen (secondary N) is 1. The largest absolute Gasteiger partial charge is 0.451 e. The number of hydrogen-bond acceptors (Lipinski definition) is 5. The van der Waals surface area contributed by atoms with Crippen LogP contribution < -0.4 is 5.32 Å². The molecule has 1 aliphatic carbocycles.